The molecule has 0 saturated heterocycles. The molecule has 2 N–H and O–H groups in total. The van der Waals surface area contributed by atoms with Gasteiger partial charge in [-0.2, -0.15) is 5.26 Å². The SMILES string of the molecule is CC(C)(C)OC(=O)NNC(=O)c1ccnc2ccc(C#N)cc12. The number of benzene rings is 1. The first-order chi connectivity index (χ1) is 10.8. The Morgan fingerprint density at radius 1 is 1.22 bits per heavy atom. The van der Waals surface area contributed by atoms with Gasteiger partial charge in [0.1, 0.15) is 5.60 Å². The molecular formula is C16H16N4O3. The molecule has 0 bridgehead atoms. The van der Waals surface area contributed by atoms with E-state index in [0.717, 1.165) is 0 Å². The molecule has 0 spiro atoms. The van der Waals surface area contributed by atoms with Gasteiger partial charge >= 0.3 is 6.09 Å². The summed E-state index contributed by atoms with van der Waals surface area (Å²) in [5.41, 5.74) is 5.08. The van der Waals surface area contributed by atoms with Crippen LogP contribution in [0.1, 0.15) is 36.7 Å². The quantitative estimate of drug-likeness (QED) is 0.786. The van der Waals surface area contributed by atoms with E-state index in [9.17, 15) is 9.59 Å². The summed E-state index contributed by atoms with van der Waals surface area (Å²) in [6.07, 6.45) is 0.721. The van der Waals surface area contributed by atoms with Crippen LogP contribution in [0.25, 0.3) is 10.9 Å². The van der Waals surface area contributed by atoms with Gasteiger partial charge in [0.2, 0.25) is 0 Å². The number of hydrogen-bond acceptors (Lipinski definition) is 5. The van der Waals surface area contributed by atoms with E-state index in [1.54, 1.807) is 39.0 Å². The highest BCUT2D eigenvalue weighted by molar-refractivity contribution is 6.06. The lowest BCUT2D eigenvalue weighted by Gasteiger charge is -2.19. The normalized spacial score (nSPS) is 10.7. The maximum absolute atomic E-state index is 12.2. The minimum atomic E-state index is -0.762. The fourth-order valence-electron chi connectivity index (χ4n) is 1.89. The molecule has 7 heteroatoms. The Kier molecular flexibility index (Phi) is 4.46. The number of hydrogen-bond donors (Lipinski definition) is 2. The van der Waals surface area contributed by atoms with Crippen LogP contribution in [0.5, 0.6) is 0 Å². The number of carbonyl (C=O) groups excluding carboxylic acids is 2. The second-order valence-electron chi connectivity index (χ2n) is 5.78. The van der Waals surface area contributed by atoms with E-state index in [-0.39, 0.29) is 0 Å². The van der Waals surface area contributed by atoms with Crippen molar-refractivity contribution in [2.45, 2.75) is 26.4 Å². The number of carbonyl (C=O) groups is 2. The molecule has 2 amide bonds. The van der Waals surface area contributed by atoms with Gasteiger partial charge in [0, 0.05) is 11.6 Å². The molecule has 0 aliphatic heterocycles. The minimum absolute atomic E-state index is 0.295. The summed E-state index contributed by atoms with van der Waals surface area (Å²) in [4.78, 5) is 27.9. The van der Waals surface area contributed by atoms with E-state index >= 15 is 0 Å². The van der Waals surface area contributed by atoms with Crippen molar-refractivity contribution in [1.82, 2.24) is 15.8 Å². The number of pyridine rings is 1. The molecule has 118 valence electrons. The molecule has 1 aromatic carbocycles. The number of fused-ring (bicyclic) bond motifs is 1. The number of ether oxygens (including phenoxy) is 1. The highest BCUT2D eigenvalue weighted by atomic mass is 16.6. The zero-order chi connectivity index (χ0) is 17.0. The fraction of sp³-hybridized carbons (Fsp3) is 0.250. The molecule has 0 fully saturated rings. The third-order valence-corrected chi connectivity index (χ3v) is 2.79. The van der Waals surface area contributed by atoms with Gasteiger partial charge in [-0.25, -0.2) is 10.2 Å². The first-order valence-corrected chi connectivity index (χ1v) is 6.88. The smallest absolute Gasteiger partial charge is 0.426 e. The van der Waals surface area contributed by atoms with Crippen LogP contribution in [-0.2, 0) is 4.74 Å². The van der Waals surface area contributed by atoms with Gasteiger partial charge in [0.15, 0.2) is 0 Å². The topological polar surface area (TPSA) is 104 Å². The van der Waals surface area contributed by atoms with Crippen LogP contribution >= 0.6 is 0 Å². The second-order valence-corrected chi connectivity index (χ2v) is 5.78. The van der Waals surface area contributed by atoms with Crippen molar-refractivity contribution in [2.24, 2.45) is 0 Å². The Bertz CT molecular complexity index is 803. The van der Waals surface area contributed by atoms with Crippen molar-refractivity contribution in [3.05, 3.63) is 41.6 Å². The highest BCUT2D eigenvalue weighted by Gasteiger charge is 2.17. The van der Waals surface area contributed by atoms with Crippen molar-refractivity contribution in [3.8, 4) is 6.07 Å². The molecule has 1 aromatic heterocycles. The Labute approximate surface area is 133 Å². The largest absolute Gasteiger partial charge is 0.443 e. The summed E-state index contributed by atoms with van der Waals surface area (Å²) in [7, 11) is 0. The van der Waals surface area contributed by atoms with Gasteiger partial charge in [-0.05, 0) is 45.0 Å². The van der Waals surface area contributed by atoms with Gasteiger partial charge in [0.05, 0.1) is 22.7 Å². The van der Waals surface area contributed by atoms with Gasteiger partial charge in [-0.1, -0.05) is 0 Å². The first-order valence-electron chi connectivity index (χ1n) is 6.88. The average Bonchev–Trinajstić information content (AvgIpc) is 2.49. The van der Waals surface area contributed by atoms with E-state index in [0.29, 0.717) is 22.0 Å². The number of hydrazine groups is 1. The average molecular weight is 312 g/mol. The van der Waals surface area contributed by atoms with Gasteiger partial charge < -0.3 is 4.74 Å². The third kappa shape index (κ3) is 4.17. The lowest BCUT2D eigenvalue weighted by atomic mass is 10.1. The van der Waals surface area contributed by atoms with Crippen LogP contribution in [0, 0.1) is 11.3 Å². The van der Waals surface area contributed by atoms with Crippen molar-refractivity contribution in [3.63, 3.8) is 0 Å². The number of amides is 2. The van der Waals surface area contributed by atoms with Crippen LogP contribution < -0.4 is 10.9 Å². The molecule has 0 unspecified atom stereocenters. The summed E-state index contributed by atoms with van der Waals surface area (Å²) in [6.45, 7) is 5.15. The number of nitrogens with zero attached hydrogens (tertiary/aromatic N) is 2. The number of rotatable bonds is 1. The molecule has 0 radical (unpaired) electrons. The number of aromatic nitrogens is 1. The summed E-state index contributed by atoms with van der Waals surface area (Å²) in [6, 6.07) is 8.38. The van der Waals surface area contributed by atoms with Crippen molar-refractivity contribution in [2.75, 3.05) is 0 Å². The van der Waals surface area contributed by atoms with Crippen molar-refractivity contribution in [1.29, 1.82) is 5.26 Å². The van der Waals surface area contributed by atoms with Gasteiger partial charge in [-0.15, -0.1) is 0 Å². The molecule has 2 rings (SSSR count). The van der Waals surface area contributed by atoms with E-state index in [1.807, 2.05) is 6.07 Å². The van der Waals surface area contributed by atoms with Crippen LogP contribution in [-0.4, -0.2) is 22.6 Å². The monoisotopic (exact) mass is 312 g/mol. The predicted molar refractivity (Wildman–Crippen MR) is 83.3 cm³/mol. The van der Waals surface area contributed by atoms with Crippen LogP contribution in [0.4, 0.5) is 4.79 Å². The summed E-state index contributed by atoms with van der Waals surface area (Å²) >= 11 is 0. The Balaban J connectivity index is 2.18. The molecule has 0 aliphatic rings. The van der Waals surface area contributed by atoms with Gasteiger partial charge in [0.25, 0.3) is 5.91 Å². The maximum Gasteiger partial charge on any atom is 0.426 e. The van der Waals surface area contributed by atoms with Crippen LogP contribution in [0.2, 0.25) is 0 Å². The summed E-state index contributed by atoms with van der Waals surface area (Å²) < 4.78 is 5.03. The molecule has 23 heavy (non-hydrogen) atoms. The molecule has 1 heterocycles. The fourth-order valence-corrected chi connectivity index (χ4v) is 1.89. The van der Waals surface area contributed by atoms with Crippen molar-refractivity contribution < 1.29 is 14.3 Å². The van der Waals surface area contributed by atoms with E-state index in [2.05, 4.69) is 15.8 Å². The van der Waals surface area contributed by atoms with E-state index < -0.39 is 17.6 Å². The molecule has 0 atom stereocenters. The number of nitriles is 1. The minimum Gasteiger partial charge on any atom is -0.443 e. The van der Waals surface area contributed by atoms with Crippen LogP contribution in [0.3, 0.4) is 0 Å². The van der Waals surface area contributed by atoms with Crippen molar-refractivity contribution >= 4 is 22.9 Å². The third-order valence-electron chi connectivity index (χ3n) is 2.79. The molecule has 0 saturated carbocycles. The summed E-state index contributed by atoms with van der Waals surface area (Å²) in [5, 5.41) is 9.49. The van der Waals surface area contributed by atoms with E-state index in [4.69, 9.17) is 10.00 Å². The molecule has 2 aromatic rings. The zero-order valence-electron chi connectivity index (χ0n) is 13.0. The summed E-state index contributed by atoms with van der Waals surface area (Å²) in [5.74, 6) is -0.529. The Morgan fingerprint density at radius 2 is 1.96 bits per heavy atom. The molecular weight excluding hydrogens is 296 g/mol. The standard InChI is InChI=1S/C16H16N4O3/c1-16(2,3)23-15(22)20-19-14(21)11-6-7-18-13-5-4-10(9-17)8-12(11)13/h4-8H,1-3H3,(H,19,21)(H,20,22). The maximum atomic E-state index is 12.2. The lowest BCUT2D eigenvalue weighted by molar-refractivity contribution is 0.0483. The number of nitrogens with one attached hydrogen (secondary N) is 2. The first kappa shape index (κ1) is 16.2. The molecule has 7 nitrogen and oxygen atoms in total. The highest BCUT2D eigenvalue weighted by Crippen LogP contribution is 2.18. The van der Waals surface area contributed by atoms with E-state index in [1.165, 1.54) is 12.3 Å². The van der Waals surface area contributed by atoms with Crippen LogP contribution in [0.15, 0.2) is 30.5 Å². The molecule has 0 aliphatic carbocycles. The predicted octanol–water partition coefficient (Wildman–Crippen LogP) is 2.28. The second kappa shape index (κ2) is 6.32. The Hall–Kier alpha value is -3.14. The van der Waals surface area contributed by atoms with Gasteiger partial charge in [-0.3, -0.25) is 15.2 Å². The Morgan fingerprint density at radius 3 is 2.61 bits per heavy atom. The zero-order valence-corrected chi connectivity index (χ0v) is 13.0. The lowest BCUT2D eigenvalue weighted by Crippen LogP contribution is -2.44.